The Kier molecular flexibility index (Phi) is 10.2. The Balaban J connectivity index is 1.33. The average molecular weight is 812 g/mol. The molecule has 0 aromatic heterocycles. The minimum Gasteiger partial charge on any atom is -0.309 e. The molecule has 0 aliphatic carbocycles. The lowest BCUT2D eigenvalue weighted by Gasteiger charge is -2.33. The molecule has 10 rings (SSSR count). The summed E-state index contributed by atoms with van der Waals surface area (Å²) >= 11 is 0. The summed E-state index contributed by atoms with van der Waals surface area (Å²) in [5, 5.41) is 7.51. The van der Waals surface area contributed by atoms with Gasteiger partial charge in [0.2, 0.25) is 0 Å². The maximum atomic E-state index is 7.78. The molecule has 3 nitrogen and oxygen atoms in total. The molecule has 0 amide bonds. The first-order valence-corrected chi connectivity index (χ1v) is 22.0. The molecular formula is C60H49N3. The number of rotatable bonds is 10. The van der Waals surface area contributed by atoms with E-state index in [4.69, 9.17) is 6.57 Å². The van der Waals surface area contributed by atoms with Crippen molar-refractivity contribution >= 4 is 72.1 Å². The van der Waals surface area contributed by atoms with Crippen molar-refractivity contribution in [1.29, 1.82) is 0 Å². The van der Waals surface area contributed by atoms with Crippen LogP contribution in [0.15, 0.2) is 194 Å². The van der Waals surface area contributed by atoms with E-state index in [0.717, 1.165) is 45.3 Å². The first kappa shape index (κ1) is 39.5. The first-order valence-electron chi connectivity index (χ1n) is 22.0. The molecule has 0 saturated carbocycles. The third-order valence-corrected chi connectivity index (χ3v) is 12.6. The third-order valence-electron chi connectivity index (χ3n) is 12.6. The highest BCUT2D eigenvalue weighted by atomic mass is 15.2. The van der Waals surface area contributed by atoms with E-state index >= 15 is 0 Å². The predicted octanol–water partition coefficient (Wildman–Crippen LogP) is 18.0. The predicted molar refractivity (Wildman–Crippen MR) is 270 cm³/mol. The minimum atomic E-state index is 0.245. The van der Waals surface area contributed by atoms with E-state index in [9.17, 15) is 0 Å². The van der Waals surface area contributed by atoms with Crippen molar-refractivity contribution in [3.05, 3.63) is 222 Å². The highest BCUT2D eigenvalue weighted by Gasteiger charge is 2.27. The summed E-state index contributed by atoms with van der Waals surface area (Å²) in [6.07, 6.45) is 0. The molecule has 0 fully saturated rings. The van der Waals surface area contributed by atoms with Crippen LogP contribution < -0.4 is 9.80 Å². The molecule has 0 spiro atoms. The number of anilines is 6. The summed E-state index contributed by atoms with van der Waals surface area (Å²) in [4.78, 5) is 8.68. The van der Waals surface area contributed by atoms with Crippen LogP contribution in [0.2, 0.25) is 0 Å². The molecular weight excluding hydrogens is 763 g/mol. The molecule has 0 atom stereocenters. The fraction of sp³-hybridized carbons (Fsp3) is 0.117. The number of aryl methyl sites for hydroxylation is 1. The van der Waals surface area contributed by atoms with E-state index in [2.05, 4.69) is 231 Å². The van der Waals surface area contributed by atoms with Crippen LogP contribution in [0.5, 0.6) is 0 Å². The monoisotopic (exact) mass is 811 g/mol. The van der Waals surface area contributed by atoms with Crippen LogP contribution in [0, 0.1) is 13.5 Å². The Bertz CT molecular complexity index is 3290. The lowest BCUT2D eigenvalue weighted by Crippen LogP contribution is -2.14. The van der Waals surface area contributed by atoms with Gasteiger partial charge >= 0.3 is 0 Å². The van der Waals surface area contributed by atoms with Gasteiger partial charge < -0.3 is 9.80 Å². The van der Waals surface area contributed by atoms with Crippen LogP contribution in [0.25, 0.3) is 59.4 Å². The quantitative estimate of drug-likeness (QED) is 0.101. The molecule has 0 bridgehead atoms. The molecule has 0 heterocycles. The van der Waals surface area contributed by atoms with Crippen LogP contribution in [0.4, 0.5) is 39.8 Å². The Morgan fingerprint density at radius 3 is 1.19 bits per heavy atom. The van der Waals surface area contributed by atoms with E-state index < -0.39 is 0 Å². The van der Waals surface area contributed by atoms with Gasteiger partial charge in [0.1, 0.15) is 0 Å². The fourth-order valence-corrected chi connectivity index (χ4v) is 9.58. The fourth-order valence-electron chi connectivity index (χ4n) is 9.58. The van der Waals surface area contributed by atoms with Crippen LogP contribution in [-0.2, 0) is 0 Å². The van der Waals surface area contributed by atoms with Crippen molar-refractivity contribution in [2.45, 2.75) is 46.5 Å². The van der Waals surface area contributed by atoms with Gasteiger partial charge in [-0.25, -0.2) is 4.85 Å². The second-order valence-electron chi connectivity index (χ2n) is 17.3. The van der Waals surface area contributed by atoms with Gasteiger partial charge in [0.05, 0.1) is 29.3 Å². The molecule has 0 saturated heterocycles. The zero-order valence-electron chi connectivity index (χ0n) is 36.5. The molecule has 63 heavy (non-hydrogen) atoms. The third kappa shape index (κ3) is 6.95. The Morgan fingerprint density at radius 2 is 0.778 bits per heavy atom. The maximum absolute atomic E-state index is 7.78. The summed E-state index contributed by atoms with van der Waals surface area (Å²) in [5.74, 6) is 0.506. The van der Waals surface area contributed by atoms with E-state index in [1.165, 1.54) is 60.1 Å². The number of hydrogen-bond donors (Lipinski definition) is 0. The second-order valence-corrected chi connectivity index (χ2v) is 17.3. The van der Waals surface area contributed by atoms with Gasteiger partial charge in [-0.05, 0) is 111 Å². The SMILES string of the molecule is [C-]#[N+]c1ccc(N(c2ccccc2-c2ccccc2)c2cc(C(C)C)c3ccc4c(N(c5ccc(C)cc5)c5ccccc5-c5ccccc5)cc(C(C)C)c5ccc2c3c54)cc1. The molecule has 0 radical (unpaired) electrons. The molecule has 0 aliphatic rings. The van der Waals surface area contributed by atoms with Gasteiger partial charge in [-0.3, -0.25) is 0 Å². The number of benzene rings is 10. The number of para-hydroxylation sites is 2. The summed E-state index contributed by atoms with van der Waals surface area (Å²) in [5.41, 5.74) is 15.7. The summed E-state index contributed by atoms with van der Waals surface area (Å²) in [6, 6.07) is 70.4. The van der Waals surface area contributed by atoms with Crippen molar-refractivity contribution in [2.24, 2.45) is 0 Å². The van der Waals surface area contributed by atoms with Gasteiger partial charge in [-0.15, -0.1) is 0 Å². The summed E-state index contributed by atoms with van der Waals surface area (Å²) in [7, 11) is 0. The summed E-state index contributed by atoms with van der Waals surface area (Å²) in [6.45, 7) is 19.2. The number of hydrogen-bond acceptors (Lipinski definition) is 2. The highest BCUT2D eigenvalue weighted by Crippen LogP contribution is 2.52. The topological polar surface area (TPSA) is 10.8 Å². The Morgan fingerprint density at radius 1 is 0.397 bits per heavy atom. The lowest BCUT2D eigenvalue weighted by molar-refractivity contribution is 0.875. The largest absolute Gasteiger partial charge is 0.309 e. The first-order chi connectivity index (χ1) is 30.8. The van der Waals surface area contributed by atoms with Gasteiger partial charge in [0.25, 0.3) is 0 Å². The highest BCUT2D eigenvalue weighted by molar-refractivity contribution is 6.29. The van der Waals surface area contributed by atoms with E-state index in [1.54, 1.807) is 0 Å². The van der Waals surface area contributed by atoms with Crippen molar-refractivity contribution in [1.82, 2.24) is 0 Å². The van der Waals surface area contributed by atoms with E-state index in [0.29, 0.717) is 5.69 Å². The molecule has 0 aliphatic heterocycles. The maximum Gasteiger partial charge on any atom is 0.187 e. The Labute approximate surface area is 371 Å². The van der Waals surface area contributed by atoms with Crippen LogP contribution in [0.3, 0.4) is 0 Å². The molecule has 10 aromatic carbocycles. The Hall–Kier alpha value is -7.67. The molecule has 304 valence electrons. The normalized spacial score (nSPS) is 11.5. The van der Waals surface area contributed by atoms with Gasteiger partial charge in [-0.2, -0.15) is 0 Å². The molecule has 3 heteroatoms. The van der Waals surface area contributed by atoms with Crippen LogP contribution >= 0.6 is 0 Å². The van der Waals surface area contributed by atoms with Gasteiger partial charge in [0.15, 0.2) is 5.69 Å². The zero-order chi connectivity index (χ0) is 43.2. The van der Waals surface area contributed by atoms with Crippen molar-refractivity contribution in [2.75, 3.05) is 9.80 Å². The van der Waals surface area contributed by atoms with Gasteiger partial charge in [0, 0.05) is 33.3 Å². The smallest absolute Gasteiger partial charge is 0.187 e. The van der Waals surface area contributed by atoms with Gasteiger partial charge in [-0.1, -0.05) is 179 Å². The van der Waals surface area contributed by atoms with Crippen LogP contribution in [-0.4, -0.2) is 0 Å². The lowest BCUT2D eigenvalue weighted by atomic mass is 9.84. The average Bonchev–Trinajstić information content (AvgIpc) is 3.33. The molecule has 10 aromatic rings. The molecule has 0 unspecified atom stereocenters. The van der Waals surface area contributed by atoms with Crippen LogP contribution in [0.1, 0.15) is 56.2 Å². The second kappa shape index (κ2) is 16.3. The molecule has 0 N–H and O–H groups in total. The standard InChI is InChI=1S/C60H49N3/c1-39(2)53-37-57(62(45-29-25-41(5)26-30-45)55-23-15-13-21-47(55)42-17-9-7-10-18-42)51-35-33-50-54(40(3)4)38-58(52-36-34-49(53)59(51)60(50)52)63(46-31-27-44(61-6)28-32-46)56-24-16-14-22-48(56)43-19-11-8-12-20-43/h7-40H,1-5H3. The summed E-state index contributed by atoms with van der Waals surface area (Å²) < 4.78 is 0. The van der Waals surface area contributed by atoms with Crippen molar-refractivity contribution in [3.8, 4) is 22.3 Å². The van der Waals surface area contributed by atoms with Crippen molar-refractivity contribution < 1.29 is 0 Å². The zero-order valence-corrected chi connectivity index (χ0v) is 36.5. The van der Waals surface area contributed by atoms with E-state index in [1.807, 2.05) is 12.1 Å². The minimum absolute atomic E-state index is 0.245. The van der Waals surface area contributed by atoms with Crippen molar-refractivity contribution in [3.63, 3.8) is 0 Å². The van der Waals surface area contributed by atoms with E-state index in [-0.39, 0.29) is 11.8 Å². The number of nitrogens with zero attached hydrogens (tertiary/aromatic N) is 3.